The second-order valence-corrected chi connectivity index (χ2v) is 8.13. The standard InChI is InChI=1S/C13H26N2O2S/c1-11(2)14-7-4-8-18(16,17)15-9-12-5-3-6-13(12)10-15/h11-14H,3-10H2,1-2H3. The molecule has 1 heterocycles. The van der Waals surface area contributed by atoms with Crippen LogP contribution in [0.1, 0.15) is 39.5 Å². The molecule has 4 nitrogen and oxygen atoms in total. The summed E-state index contributed by atoms with van der Waals surface area (Å²) in [7, 11) is -3.01. The van der Waals surface area contributed by atoms with E-state index in [4.69, 9.17) is 0 Å². The Morgan fingerprint density at radius 1 is 1.22 bits per heavy atom. The van der Waals surface area contributed by atoms with E-state index in [0.29, 0.717) is 30.1 Å². The van der Waals surface area contributed by atoms with Gasteiger partial charge in [-0.1, -0.05) is 20.3 Å². The maximum atomic E-state index is 12.2. The lowest BCUT2D eigenvalue weighted by Crippen LogP contribution is -2.33. The number of nitrogens with one attached hydrogen (secondary N) is 1. The van der Waals surface area contributed by atoms with Gasteiger partial charge in [-0.3, -0.25) is 0 Å². The van der Waals surface area contributed by atoms with E-state index in [9.17, 15) is 8.42 Å². The molecule has 0 amide bonds. The lowest BCUT2D eigenvalue weighted by Gasteiger charge is -2.17. The van der Waals surface area contributed by atoms with Gasteiger partial charge in [0.2, 0.25) is 10.0 Å². The molecular formula is C13H26N2O2S. The molecule has 5 heteroatoms. The lowest BCUT2D eigenvalue weighted by atomic mass is 10.0. The van der Waals surface area contributed by atoms with Crippen molar-refractivity contribution in [1.82, 2.24) is 9.62 Å². The largest absolute Gasteiger partial charge is 0.314 e. The highest BCUT2D eigenvalue weighted by Gasteiger charge is 2.40. The van der Waals surface area contributed by atoms with Gasteiger partial charge in [-0.2, -0.15) is 0 Å². The summed E-state index contributed by atoms with van der Waals surface area (Å²) in [5.74, 6) is 1.59. The first kappa shape index (κ1) is 14.3. The highest BCUT2D eigenvalue weighted by Crippen LogP contribution is 2.38. The van der Waals surface area contributed by atoms with Crippen molar-refractivity contribution in [3.05, 3.63) is 0 Å². The van der Waals surface area contributed by atoms with E-state index in [-0.39, 0.29) is 0 Å². The van der Waals surface area contributed by atoms with E-state index in [1.54, 1.807) is 4.31 Å². The van der Waals surface area contributed by atoms with Crippen LogP contribution in [-0.2, 0) is 10.0 Å². The summed E-state index contributed by atoms with van der Waals surface area (Å²) in [5.41, 5.74) is 0. The number of nitrogens with zero attached hydrogens (tertiary/aromatic N) is 1. The minimum atomic E-state index is -3.01. The molecule has 106 valence electrons. The summed E-state index contributed by atoms with van der Waals surface area (Å²) in [5, 5.41) is 3.27. The normalized spacial score (nSPS) is 29.1. The Labute approximate surface area is 111 Å². The Hall–Kier alpha value is -0.130. The molecule has 1 N–H and O–H groups in total. The zero-order chi connectivity index (χ0) is 13.2. The van der Waals surface area contributed by atoms with Crippen LogP contribution in [0.15, 0.2) is 0 Å². The second kappa shape index (κ2) is 5.88. The van der Waals surface area contributed by atoms with Crippen LogP contribution in [0, 0.1) is 11.8 Å². The average molecular weight is 274 g/mol. The minimum Gasteiger partial charge on any atom is -0.314 e. The van der Waals surface area contributed by atoms with Gasteiger partial charge in [0.05, 0.1) is 5.75 Å². The highest BCUT2D eigenvalue weighted by atomic mass is 32.2. The third kappa shape index (κ3) is 3.45. The minimum absolute atomic E-state index is 0.298. The monoisotopic (exact) mass is 274 g/mol. The van der Waals surface area contributed by atoms with Gasteiger partial charge in [-0.15, -0.1) is 0 Å². The van der Waals surface area contributed by atoms with E-state index in [0.717, 1.165) is 19.6 Å². The average Bonchev–Trinajstić information content (AvgIpc) is 2.84. The van der Waals surface area contributed by atoms with Crippen LogP contribution >= 0.6 is 0 Å². The van der Waals surface area contributed by atoms with Gasteiger partial charge in [-0.05, 0) is 37.6 Å². The summed E-state index contributed by atoms with van der Waals surface area (Å²) < 4.78 is 26.2. The summed E-state index contributed by atoms with van der Waals surface area (Å²) in [6.45, 7) is 6.51. The quantitative estimate of drug-likeness (QED) is 0.746. The van der Waals surface area contributed by atoms with Crippen molar-refractivity contribution in [2.75, 3.05) is 25.4 Å². The van der Waals surface area contributed by atoms with Crippen molar-refractivity contribution >= 4 is 10.0 Å². The van der Waals surface area contributed by atoms with E-state index in [1.165, 1.54) is 19.3 Å². The van der Waals surface area contributed by atoms with Gasteiger partial charge in [-0.25, -0.2) is 12.7 Å². The molecule has 2 rings (SSSR count). The summed E-state index contributed by atoms with van der Waals surface area (Å²) in [4.78, 5) is 0. The maximum absolute atomic E-state index is 12.2. The number of sulfonamides is 1. The predicted molar refractivity (Wildman–Crippen MR) is 73.9 cm³/mol. The number of hydrogen-bond acceptors (Lipinski definition) is 3. The second-order valence-electron chi connectivity index (χ2n) is 6.05. The first-order valence-corrected chi connectivity index (χ1v) is 8.81. The predicted octanol–water partition coefficient (Wildman–Crippen LogP) is 1.44. The third-order valence-corrected chi connectivity index (χ3v) is 6.11. The van der Waals surface area contributed by atoms with E-state index >= 15 is 0 Å². The Bertz CT molecular complexity index is 355. The van der Waals surface area contributed by atoms with Crippen molar-refractivity contribution in [2.45, 2.75) is 45.6 Å². The van der Waals surface area contributed by atoms with Gasteiger partial charge in [0.25, 0.3) is 0 Å². The van der Waals surface area contributed by atoms with Gasteiger partial charge in [0.15, 0.2) is 0 Å². The summed E-state index contributed by atoms with van der Waals surface area (Å²) in [6, 6.07) is 0.429. The van der Waals surface area contributed by atoms with E-state index < -0.39 is 10.0 Å². The Morgan fingerprint density at radius 2 is 1.83 bits per heavy atom. The van der Waals surface area contributed by atoms with Crippen molar-refractivity contribution in [1.29, 1.82) is 0 Å². The van der Waals surface area contributed by atoms with Crippen molar-refractivity contribution in [3.8, 4) is 0 Å². The third-order valence-electron chi connectivity index (χ3n) is 4.22. The molecule has 1 aliphatic carbocycles. The van der Waals surface area contributed by atoms with Gasteiger partial charge in [0.1, 0.15) is 0 Å². The van der Waals surface area contributed by atoms with Crippen LogP contribution in [0.3, 0.4) is 0 Å². The van der Waals surface area contributed by atoms with Crippen LogP contribution in [0.4, 0.5) is 0 Å². The zero-order valence-corrected chi connectivity index (χ0v) is 12.4. The van der Waals surface area contributed by atoms with Crippen LogP contribution in [0.5, 0.6) is 0 Å². The fraction of sp³-hybridized carbons (Fsp3) is 1.00. The zero-order valence-electron chi connectivity index (χ0n) is 11.6. The SMILES string of the molecule is CC(C)NCCCS(=O)(=O)N1CC2CCCC2C1. The maximum Gasteiger partial charge on any atom is 0.214 e. The van der Waals surface area contributed by atoms with Crippen LogP contribution in [-0.4, -0.2) is 44.2 Å². The van der Waals surface area contributed by atoms with Crippen molar-refractivity contribution in [3.63, 3.8) is 0 Å². The fourth-order valence-electron chi connectivity index (χ4n) is 3.19. The fourth-order valence-corrected chi connectivity index (χ4v) is 4.80. The molecule has 1 saturated heterocycles. The van der Waals surface area contributed by atoms with Gasteiger partial charge < -0.3 is 5.32 Å². The molecule has 0 radical (unpaired) electrons. The number of rotatable bonds is 6. The molecule has 0 aromatic rings. The molecule has 18 heavy (non-hydrogen) atoms. The van der Waals surface area contributed by atoms with Crippen LogP contribution in [0.25, 0.3) is 0 Å². The molecule has 1 saturated carbocycles. The molecule has 2 fully saturated rings. The van der Waals surface area contributed by atoms with Crippen LogP contribution in [0.2, 0.25) is 0 Å². The number of fused-ring (bicyclic) bond motifs is 1. The first-order valence-electron chi connectivity index (χ1n) is 7.20. The highest BCUT2D eigenvalue weighted by molar-refractivity contribution is 7.89. The molecule has 2 unspecified atom stereocenters. The molecule has 0 aromatic carbocycles. The van der Waals surface area contributed by atoms with E-state index in [2.05, 4.69) is 19.2 Å². The molecule has 1 aliphatic heterocycles. The first-order chi connectivity index (χ1) is 8.49. The molecular weight excluding hydrogens is 248 g/mol. The Kier molecular flexibility index (Phi) is 4.67. The Balaban J connectivity index is 1.77. The number of hydrogen-bond donors (Lipinski definition) is 1. The topological polar surface area (TPSA) is 49.4 Å². The van der Waals surface area contributed by atoms with Crippen molar-refractivity contribution < 1.29 is 8.42 Å². The smallest absolute Gasteiger partial charge is 0.214 e. The van der Waals surface area contributed by atoms with Gasteiger partial charge in [0, 0.05) is 19.1 Å². The Morgan fingerprint density at radius 3 is 2.39 bits per heavy atom. The lowest BCUT2D eigenvalue weighted by molar-refractivity contribution is 0.443. The van der Waals surface area contributed by atoms with Crippen molar-refractivity contribution in [2.24, 2.45) is 11.8 Å². The summed E-state index contributed by atoms with van der Waals surface area (Å²) in [6.07, 6.45) is 4.46. The van der Waals surface area contributed by atoms with E-state index in [1.807, 2.05) is 0 Å². The van der Waals surface area contributed by atoms with Crippen LogP contribution < -0.4 is 5.32 Å². The molecule has 0 spiro atoms. The molecule has 2 aliphatic rings. The van der Waals surface area contributed by atoms with Gasteiger partial charge >= 0.3 is 0 Å². The molecule has 0 bridgehead atoms. The molecule has 2 atom stereocenters. The molecule has 0 aromatic heterocycles. The summed E-state index contributed by atoms with van der Waals surface area (Å²) >= 11 is 0.